The van der Waals surface area contributed by atoms with Gasteiger partial charge >= 0.3 is 0 Å². The molecule has 10 heteroatoms. The Hall–Kier alpha value is -2.46. The maximum Gasteiger partial charge on any atom is 0.297 e. The molecule has 0 aliphatic heterocycles. The second-order valence-corrected chi connectivity index (χ2v) is 8.88. The number of nitrogens with zero attached hydrogens (tertiary/aromatic N) is 4. The molecule has 0 saturated carbocycles. The van der Waals surface area contributed by atoms with Crippen molar-refractivity contribution < 1.29 is 9.53 Å². The van der Waals surface area contributed by atoms with Gasteiger partial charge in [-0.25, -0.2) is 0 Å². The number of rotatable bonds is 5. The van der Waals surface area contributed by atoms with E-state index in [1.807, 2.05) is 32.9 Å². The second-order valence-electron chi connectivity index (χ2n) is 6.70. The summed E-state index contributed by atoms with van der Waals surface area (Å²) in [5.41, 5.74) is 0.258. The van der Waals surface area contributed by atoms with Gasteiger partial charge in [-0.1, -0.05) is 56.0 Å². The first kappa shape index (κ1) is 19.3. The molecule has 0 fully saturated rings. The topological polar surface area (TPSA) is 98.5 Å². The number of hydrogen-bond donors (Lipinski definition) is 1. The molecule has 1 N–H and O–H groups in total. The van der Waals surface area contributed by atoms with Crippen molar-refractivity contribution >= 4 is 39.7 Å². The number of nitrogens with one attached hydrogen (secondary N) is 1. The molecule has 2 heterocycles. The number of ether oxygens (including phenoxy) is 1. The smallest absolute Gasteiger partial charge is 0.297 e. The van der Waals surface area contributed by atoms with Gasteiger partial charge in [-0.3, -0.25) is 9.59 Å². The molecule has 27 heavy (non-hydrogen) atoms. The van der Waals surface area contributed by atoms with Crippen LogP contribution in [-0.4, -0.2) is 38.6 Å². The van der Waals surface area contributed by atoms with E-state index < -0.39 is 5.41 Å². The van der Waals surface area contributed by atoms with Gasteiger partial charge in [-0.15, -0.1) is 15.3 Å². The van der Waals surface area contributed by atoms with Crippen molar-refractivity contribution in [3.8, 4) is 5.75 Å². The average Bonchev–Trinajstić information content (AvgIpc) is 3.04. The molecule has 0 aliphatic rings. The number of aromatic nitrogens is 4. The Morgan fingerprint density at radius 3 is 2.74 bits per heavy atom. The molecular weight excluding hydrogens is 386 g/mol. The molecule has 0 radical (unpaired) electrons. The SMILES string of the molecule is COc1ccccc1NC(=O)CSc1nn2c(=O)c(C(C)(C)C)nnc2s1. The lowest BCUT2D eigenvalue weighted by Gasteiger charge is -2.14. The Morgan fingerprint density at radius 1 is 1.30 bits per heavy atom. The van der Waals surface area contributed by atoms with E-state index in [4.69, 9.17) is 4.74 Å². The maximum atomic E-state index is 12.5. The number of benzene rings is 1. The Labute approximate surface area is 164 Å². The molecule has 3 aromatic rings. The molecular formula is C17H19N5O3S2. The monoisotopic (exact) mass is 405 g/mol. The number of anilines is 1. The molecule has 0 spiro atoms. The van der Waals surface area contributed by atoms with Gasteiger partial charge in [0.1, 0.15) is 11.4 Å². The predicted molar refractivity (Wildman–Crippen MR) is 106 cm³/mol. The Morgan fingerprint density at radius 2 is 2.04 bits per heavy atom. The van der Waals surface area contributed by atoms with E-state index in [-0.39, 0.29) is 17.2 Å². The third-order valence-electron chi connectivity index (χ3n) is 3.59. The van der Waals surface area contributed by atoms with Crippen LogP contribution in [0.3, 0.4) is 0 Å². The number of fused-ring (bicyclic) bond motifs is 1. The quantitative estimate of drug-likeness (QED) is 0.651. The van der Waals surface area contributed by atoms with Crippen LogP contribution in [0.4, 0.5) is 5.69 Å². The second kappa shape index (κ2) is 7.65. The van der Waals surface area contributed by atoms with E-state index in [1.54, 1.807) is 19.2 Å². The van der Waals surface area contributed by atoms with Gasteiger partial charge in [0.25, 0.3) is 5.56 Å². The lowest BCUT2D eigenvalue weighted by atomic mass is 9.93. The van der Waals surface area contributed by atoms with Crippen molar-refractivity contribution in [3.05, 3.63) is 40.3 Å². The highest BCUT2D eigenvalue weighted by molar-refractivity contribution is 8.01. The zero-order chi connectivity index (χ0) is 19.6. The zero-order valence-electron chi connectivity index (χ0n) is 15.3. The van der Waals surface area contributed by atoms with Crippen molar-refractivity contribution in [2.45, 2.75) is 30.5 Å². The molecule has 1 aromatic carbocycles. The zero-order valence-corrected chi connectivity index (χ0v) is 17.0. The molecule has 3 rings (SSSR count). The summed E-state index contributed by atoms with van der Waals surface area (Å²) in [6, 6.07) is 7.18. The van der Waals surface area contributed by atoms with Gasteiger partial charge in [0, 0.05) is 5.41 Å². The molecule has 1 amide bonds. The van der Waals surface area contributed by atoms with Crippen molar-refractivity contribution in [1.82, 2.24) is 19.8 Å². The van der Waals surface area contributed by atoms with E-state index in [1.165, 1.54) is 27.6 Å². The first-order chi connectivity index (χ1) is 12.8. The lowest BCUT2D eigenvalue weighted by molar-refractivity contribution is -0.113. The van der Waals surface area contributed by atoms with Gasteiger partial charge < -0.3 is 10.1 Å². The summed E-state index contributed by atoms with van der Waals surface area (Å²) in [5.74, 6) is 0.538. The van der Waals surface area contributed by atoms with Crippen molar-refractivity contribution in [2.75, 3.05) is 18.2 Å². The molecule has 8 nitrogen and oxygen atoms in total. The molecule has 2 aromatic heterocycles. The molecule has 0 unspecified atom stereocenters. The first-order valence-corrected chi connectivity index (χ1v) is 9.92. The number of methoxy groups -OCH3 is 1. The van der Waals surface area contributed by atoms with E-state index in [2.05, 4.69) is 20.6 Å². The average molecular weight is 406 g/mol. The molecule has 142 valence electrons. The molecule has 0 saturated heterocycles. The Balaban J connectivity index is 1.73. The summed E-state index contributed by atoms with van der Waals surface area (Å²) in [6.45, 7) is 5.69. The van der Waals surface area contributed by atoms with Gasteiger partial charge in [0.05, 0.1) is 18.6 Å². The van der Waals surface area contributed by atoms with Crippen LogP contribution in [-0.2, 0) is 10.2 Å². The minimum absolute atomic E-state index is 0.145. The van der Waals surface area contributed by atoms with Crippen LogP contribution in [0.25, 0.3) is 4.96 Å². The van der Waals surface area contributed by atoms with Gasteiger partial charge in [-0.05, 0) is 12.1 Å². The van der Waals surface area contributed by atoms with Crippen LogP contribution in [0.1, 0.15) is 26.5 Å². The van der Waals surface area contributed by atoms with Crippen LogP contribution in [0.15, 0.2) is 33.4 Å². The minimum Gasteiger partial charge on any atom is -0.495 e. The van der Waals surface area contributed by atoms with Gasteiger partial charge in [-0.2, -0.15) is 4.52 Å². The summed E-state index contributed by atoms with van der Waals surface area (Å²) in [7, 11) is 1.55. The number of carbonyl (C=O) groups is 1. The molecule has 0 bridgehead atoms. The Kier molecular flexibility index (Phi) is 5.47. The summed E-state index contributed by atoms with van der Waals surface area (Å²) in [4.78, 5) is 25.2. The highest BCUT2D eigenvalue weighted by atomic mass is 32.2. The standard InChI is InChI=1S/C17H19N5O3S2/c1-17(2,3)13-14(24)22-15(20-19-13)27-16(21-22)26-9-12(23)18-10-7-5-6-8-11(10)25-4/h5-8H,9H2,1-4H3,(H,18,23). The first-order valence-electron chi connectivity index (χ1n) is 8.12. The maximum absolute atomic E-state index is 12.5. The van der Waals surface area contributed by atoms with Crippen molar-refractivity contribution in [1.29, 1.82) is 0 Å². The van der Waals surface area contributed by atoms with Crippen molar-refractivity contribution in [2.24, 2.45) is 0 Å². The number of para-hydroxylation sites is 2. The molecule has 0 aliphatic carbocycles. The largest absolute Gasteiger partial charge is 0.495 e. The number of amides is 1. The summed E-state index contributed by atoms with van der Waals surface area (Å²) < 4.78 is 7.04. The number of thioether (sulfide) groups is 1. The van der Waals surface area contributed by atoms with E-state index in [0.29, 0.717) is 26.4 Å². The van der Waals surface area contributed by atoms with Crippen LogP contribution >= 0.6 is 23.1 Å². The number of carbonyl (C=O) groups excluding carboxylic acids is 1. The molecule has 0 atom stereocenters. The third-order valence-corrected chi connectivity index (χ3v) is 5.62. The minimum atomic E-state index is -0.420. The predicted octanol–water partition coefficient (Wildman–Crippen LogP) is 2.58. The fourth-order valence-corrected chi connectivity index (χ4v) is 3.96. The fraction of sp³-hybridized carbons (Fsp3) is 0.353. The lowest BCUT2D eigenvalue weighted by Crippen LogP contribution is -2.30. The van der Waals surface area contributed by atoms with E-state index >= 15 is 0 Å². The van der Waals surface area contributed by atoms with Gasteiger partial charge in [0.15, 0.2) is 4.34 Å². The summed E-state index contributed by atoms with van der Waals surface area (Å²) in [5, 5.41) is 15.2. The summed E-state index contributed by atoms with van der Waals surface area (Å²) >= 11 is 2.46. The van der Waals surface area contributed by atoms with Crippen LogP contribution in [0.5, 0.6) is 5.75 Å². The number of hydrogen-bond acceptors (Lipinski definition) is 8. The van der Waals surface area contributed by atoms with Crippen LogP contribution < -0.4 is 15.6 Å². The van der Waals surface area contributed by atoms with Crippen LogP contribution in [0, 0.1) is 0 Å². The third kappa shape index (κ3) is 4.28. The van der Waals surface area contributed by atoms with Crippen LogP contribution in [0.2, 0.25) is 0 Å². The fourth-order valence-electron chi connectivity index (χ4n) is 2.29. The Bertz CT molecular complexity index is 1040. The van der Waals surface area contributed by atoms with Crippen molar-refractivity contribution in [3.63, 3.8) is 0 Å². The normalized spacial score (nSPS) is 11.6. The highest BCUT2D eigenvalue weighted by Crippen LogP contribution is 2.26. The van der Waals surface area contributed by atoms with Gasteiger partial charge in [0.2, 0.25) is 10.9 Å². The highest BCUT2D eigenvalue weighted by Gasteiger charge is 2.23. The van der Waals surface area contributed by atoms with E-state index in [9.17, 15) is 9.59 Å². The van der Waals surface area contributed by atoms with E-state index in [0.717, 1.165) is 0 Å². The summed E-state index contributed by atoms with van der Waals surface area (Å²) in [6.07, 6.45) is 0.